The zero-order valence-electron chi connectivity index (χ0n) is 15.2. The predicted octanol–water partition coefficient (Wildman–Crippen LogP) is 5.19. The lowest BCUT2D eigenvalue weighted by Crippen LogP contribution is -2.37. The van der Waals surface area contributed by atoms with Crippen molar-refractivity contribution in [2.75, 3.05) is 11.9 Å². The second kappa shape index (κ2) is 6.27. The first-order chi connectivity index (χ1) is 11.4. The first-order valence-electron chi connectivity index (χ1n) is 9.14. The normalized spacial score (nSPS) is 27.3. The summed E-state index contributed by atoms with van der Waals surface area (Å²) in [7, 11) is 0. The highest BCUT2D eigenvalue weighted by atomic mass is 16.5. The molecule has 0 aliphatic heterocycles. The van der Waals surface area contributed by atoms with Gasteiger partial charge in [0.05, 0.1) is 12.0 Å². The van der Waals surface area contributed by atoms with Crippen molar-refractivity contribution in [3.63, 3.8) is 0 Å². The van der Waals surface area contributed by atoms with Gasteiger partial charge in [-0.1, -0.05) is 39.3 Å². The Hall–Kier alpha value is -1.77. The number of carbonyl (C=O) groups excluding carboxylic acids is 1. The number of amides is 1. The van der Waals surface area contributed by atoms with E-state index in [9.17, 15) is 4.79 Å². The van der Waals surface area contributed by atoms with Gasteiger partial charge in [0.25, 0.3) is 0 Å². The van der Waals surface area contributed by atoms with Crippen molar-refractivity contribution in [3.05, 3.63) is 36.4 Å². The van der Waals surface area contributed by atoms with Crippen LogP contribution in [0.15, 0.2) is 36.4 Å². The molecule has 2 atom stereocenters. The van der Waals surface area contributed by atoms with Crippen LogP contribution in [0.4, 0.5) is 5.69 Å². The summed E-state index contributed by atoms with van der Waals surface area (Å²) in [5.74, 6) is 1.55. The molecular formula is C21H29NO2. The van der Waals surface area contributed by atoms with Crippen molar-refractivity contribution < 1.29 is 9.53 Å². The fourth-order valence-corrected chi connectivity index (χ4v) is 4.36. The standard InChI is InChI=1S/C21H29NO2/c1-5-6-13-24-18-9-7-17(8-10-18)22-19(23)21-12-11-16(14-21)20(3,4)15(21)2/h7-10,16H,2,5-6,11-14H2,1,3-4H3,(H,22,23). The van der Waals surface area contributed by atoms with Gasteiger partial charge in [0, 0.05) is 5.69 Å². The zero-order valence-corrected chi connectivity index (χ0v) is 15.2. The van der Waals surface area contributed by atoms with Gasteiger partial charge in [-0.15, -0.1) is 0 Å². The number of fused-ring (bicyclic) bond motifs is 2. The van der Waals surface area contributed by atoms with E-state index in [1.165, 1.54) is 0 Å². The molecule has 0 radical (unpaired) electrons. The largest absolute Gasteiger partial charge is 0.494 e. The minimum Gasteiger partial charge on any atom is -0.494 e. The Morgan fingerprint density at radius 3 is 2.62 bits per heavy atom. The highest BCUT2D eigenvalue weighted by Crippen LogP contribution is 2.65. The number of unbranched alkanes of at least 4 members (excludes halogenated alkanes) is 1. The van der Waals surface area contributed by atoms with E-state index in [0.29, 0.717) is 5.92 Å². The van der Waals surface area contributed by atoms with Crippen molar-refractivity contribution in [2.24, 2.45) is 16.7 Å². The lowest BCUT2D eigenvalue weighted by molar-refractivity contribution is -0.123. The van der Waals surface area contributed by atoms with E-state index in [4.69, 9.17) is 4.74 Å². The Balaban J connectivity index is 1.66. The molecular weight excluding hydrogens is 298 g/mol. The molecule has 2 fully saturated rings. The van der Waals surface area contributed by atoms with Crippen molar-refractivity contribution in [2.45, 2.75) is 52.9 Å². The van der Waals surface area contributed by atoms with E-state index in [-0.39, 0.29) is 16.7 Å². The molecule has 3 nitrogen and oxygen atoms in total. The van der Waals surface area contributed by atoms with Crippen LogP contribution in [0.2, 0.25) is 0 Å². The molecule has 24 heavy (non-hydrogen) atoms. The van der Waals surface area contributed by atoms with Gasteiger partial charge < -0.3 is 10.1 Å². The molecule has 1 amide bonds. The highest BCUT2D eigenvalue weighted by Gasteiger charge is 2.60. The number of carbonyl (C=O) groups is 1. The van der Waals surface area contributed by atoms with Crippen molar-refractivity contribution in [1.82, 2.24) is 0 Å². The summed E-state index contributed by atoms with van der Waals surface area (Å²) in [6.07, 6.45) is 5.19. The Kier molecular flexibility index (Phi) is 4.46. The average molecular weight is 327 g/mol. The van der Waals surface area contributed by atoms with E-state index < -0.39 is 0 Å². The molecule has 1 N–H and O–H groups in total. The quantitative estimate of drug-likeness (QED) is 0.577. The van der Waals surface area contributed by atoms with Crippen LogP contribution in [0.1, 0.15) is 52.9 Å². The highest BCUT2D eigenvalue weighted by molar-refractivity contribution is 5.98. The summed E-state index contributed by atoms with van der Waals surface area (Å²) >= 11 is 0. The molecule has 0 spiro atoms. The molecule has 3 rings (SSSR count). The lowest BCUT2D eigenvalue weighted by Gasteiger charge is -2.37. The first kappa shape index (κ1) is 17.1. The SMILES string of the molecule is C=C1C2(C(=O)Nc3ccc(OCCCC)cc3)CCC(C2)C1(C)C. The third-order valence-corrected chi connectivity index (χ3v) is 6.20. The van der Waals surface area contributed by atoms with Gasteiger partial charge in [0.1, 0.15) is 5.75 Å². The molecule has 2 unspecified atom stereocenters. The van der Waals surface area contributed by atoms with Crippen LogP contribution in [0.25, 0.3) is 0 Å². The van der Waals surface area contributed by atoms with Crippen LogP contribution in [0.5, 0.6) is 5.75 Å². The summed E-state index contributed by atoms with van der Waals surface area (Å²) in [6, 6.07) is 7.69. The van der Waals surface area contributed by atoms with E-state index >= 15 is 0 Å². The fraction of sp³-hybridized carbons (Fsp3) is 0.571. The third kappa shape index (κ3) is 2.74. The van der Waals surface area contributed by atoms with Gasteiger partial charge in [-0.2, -0.15) is 0 Å². The summed E-state index contributed by atoms with van der Waals surface area (Å²) in [4.78, 5) is 13.0. The summed E-state index contributed by atoms with van der Waals surface area (Å²) in [5, 5.41) is 3.11. The molecule has 130 valence electrons. The number of benzene rings is 1. The first-order valence-corrected chi connectivity index (χ1v) is 9.14. The van der Waals surface area contributed by atoms with Gasteiger partial charge in [0.15, 0.2) is 0 Å². The van der Waals surface area contributed by atoms with Crippen molar-refractivity contribution in [1.29, 1.82) is 0 Å². The van der Waals surface area contributed by atoms with Gasteiger partial charge in [0.2, 0.25) is 5.91 Å². The lowest BCUT2D eigenvalue weighted by atomic mass is 9.68. The fourth-order valence-electron chi connectivity index (χ4n) is 4.36. The molecule has 0 saturated heterocycles. The molecule has 2 aliphatic rings. The second-order valence-corrected chi connectivity index (χ2v) is 7.90. The molecule has 2 bridgehead atoms. The van der Waals surface area contributed by atoms with E-state index in [2.05, 4.69) is 32.7 Å². The molecule has 2 aliphatic carbocycles. The minimum absolute atomic E-state index is 0.0760. The average Bonchev–Trinajstić information content (AvgIpc) is 3.09. The predicted molar refractivity (Wildman–Crippen MR) is 98.2 cm³/mol. The van der Waals surface area contributed by atoms with Crippen LogP contribution < -0.4 is 10.1 Å². The molecule has 0 heterocycles. The zero-order chi connectivity index (χ0) is 17.4. The number of anilines is 1. The molecule has 0 aromatic heterocycles. The Labute approximate surface area is 145 Å². The van der Waals surface area contributed by atoms with E-state index in [0.717, 1.165) is 55.7 Å². The molecule has 1 aromatic carbocycles. The summed E-state index contributed by atoms with van der Waals surface area (Å²) in [5.41, 5.74) is 1.65. The van der Waals surface area contributed by atoms with Gasteiger partial charge in [-0.05, 0) is 61.3 Å². The van der Waals surface area contributed by atoms with Crippen molar-refractivity contribution >= 4 is 11.6 Å². The topological polar surface area (TPSA) is 38.3 Å². The minimum atomic E-state index is -0.371. The van der Waals surface area contributed by atoms with Crippen LogP contribution in [0, 0.1) is 16.7 Å². The molecule has 3 heteroatoms. The molecule has 1 aromatic rings. The number of hydrogen-bond acceptors (Lipinski definition) is 2. The number of hydrogen-bond donors (Lipinski definition) is 1. The van der Waals surface area contributed by atoms with Crippen LogP contribution in [-0.4, -0.2) is 12.5 Å². The number of ether oxygens (including phenoxy) is 1. The number of nitrogens with one attached hydrogen (secondary N) is 1. The van der Waals surface area contributed by atoms with Gasteiger partial charge >= 0.3 is 0 Å². The summed E-state index contributed by atoms with van der Waals surface area (Å²) < 4.78 is 5.67. The Bertz CT molecular complexity index is 632. The van der Waals surface area contributed by atoms with Crippen LogP contribution in [0.3, 0.4) is 0 Å². The number of rotatable bonds is 6. The monoisotopic (exact) mass is 327 g/mol. The second-order valence-electron chi connectivity index (χ2n) is 7.90. The maximum atomic E-state index is 13.0. The van der Waals surface area contributed by atoms with Gasteiger partial charge in [-0.25, -0.2) is 0 Å². The van der Waals surface area contributed by atoms with E-state index in [1.54, 1.807) is 0 Å². The maximum absolute atomic E-state index is 13.0. The third-order valence-electron chi connectivity index (χ3n) is 6.20. The van der Waals surface area contributed by atoms with Crippen molar-refractivity contribution in [3.8, 4) is 5.75 Å². The Morgan fingerprint density at radius 2 is 2.04 bits per heavy atom. The smallest absolute Gasteiger partial charge is 0.234 e. The van der Waals surface area contributed by atoms with E-state index in [1.807, 2.05) is 24.3 Å². The summed E-state index contributed by atoms with van der Waals surface area (Å²) in [6.45, 7) is 11.6. The van der Waals surface area contributed by atoms with Crippen LogP contribution in [-0.2, 0) is 4.79 Å². The molecule has 2 saturated carbocycles. The van der Waals surface area contributed by atoms with Crippen LogP contribution >= 0.6 is 0 Å². The maximum Gasteiger partial charge on any atom is 0.234 e. The van der Waals surface area contributed by atoms with Gasteiger partial charge in [-0.3, -0.25) is 4.79 Å². The Morgan fingerprint density at radius 1 is 1.33 bits per heavy atom.